The Kier molecular flexibility index (Phi) is 4.39. The minimum absolute atomic E-state index is 0.285. The minimum Gasteiger partial charge on any atom is -0.224 e. The first-order valence-corrected chi connectivity index (χ1v) is 8.66. The van der Waals surface area contributed by atoms with Crippen LogP contribution in [0.25, 0.3) is 0 Å². The Labute approximate surface area is 127 Å². The lowest BCUT2D eigenvalue weighted by molar-refractivity contribution is 0.602. The first-order chi connectivity index (χ1) is 9.40. The quantitative estimate of drug-likeness (QED) is 0.862. The normalized spacial score (nSPS) is 11.1. The molecule has 2 rings (SSSR count). The summed E-state index contributed by atoms with van der Waals surface area (Å²) < 4.78 is 22.7. The highest BCUT2D eigenvalue weighted by Crippen LogP contribution is 2.34. The predicted octanol–water partition coefficient (Wildman–Crippen LogP) is 3.77. The standard InChI is InChI=1S/C14H10ClNO2S2/c1-20(17,18)12-5-3-11(4-6-12)19-14-7-2-10(9-16)8-13(14)15/h2-8H,1H3. The van der Waals surface area contributed by atoms with Gasteiger partial charge in [0.25, 0.3) is 0 Å². The predicted molar refractivity (Wildman–Crippen MR) is 79.8 cm³/mol. The molecule has 0 aliphatic heterocycles. The van der Waals surface area contributed by atoms with Crippen LogP contribution in [0.1, 0.15) is 5.56 Å². The van der Waals surface area contributed by atoms with Crippen LogP contribution in [0.2, 0.25) is 5.02 Å². The summed E-state index contributed by atoms with van der Waals surface area (Å²) in [5.41, 5.74) is 0.506. The van der Waals surface area contributed by atoms with Crippen molar-refractivity contribution in [3.63, 3.8) is 0 Å². The van der Waals surface area contributed by atoms with Gasteiger partial charge in [0.05, 0.1) is 21.6 Å². The van der Waals surface area contributed by atoms with Crippen LogP contribution in [0.15, 0.2) is 57.2 Å². The Morgan fingerprint density at radius 3 is 2.30 bits per heavy atom. The lowest BCUT2D eigenvalue weighted by atomic mass is 10.2. The smallest absolute Gasteiger partial charge is 0.175 e. The molecular weight excluding hydrogens is 314 g/mol. The maximum atomic E-state index is 11.4. The number of halogens is 1. The fourth-order valence-electron chi connectivity index (χ4n) is 1.54. The zero-order valence-corrected chi connectivity index (χ0v) is 12.9. The molecule has 0 unspecified atom stereocenters. The number of nitriles is 1. The monoisotopic (exact) mass is 323 g/mol. The summed E-state index contributed by atoms with van der Waals surface area (Å²) in [6, 6.07) is 13.7. The molecule has 3 nitrogen and oxygen atoms in total. The molecule has 6 heteroatoms. The lowest BCUT2D eigenvalue weighted by Gasteiger charge is -2.05. The average molecular weight is 324 g/mol. The number of benzene rings is 2. The largest absolute Gasteiger partial charge is 0.224 e. The van der Waals surface area contributed by atoms with Crippen molar-refractivity contribution in [2.24, 2.45) is 0 Å². The van der Waals surface area contributed by atoms with Gasteiger partial charge in [0, 0.05) is 16.0 Å². The van der Waals surface area contributed by atoms with Gasteiger partial charge in [0.1, 0.15) is 0 Å². The molecular formula is C14H10ClNO2S2. The summed E-state index contributed by atoms with van der Waals surface area (Å²) in [6.07, 6.45) is 1.17. The van der Waals surface area contributed by atoms with E-state index in [1.165, 1.54) is 18.0 Å². The minimum atomic E-state index is -3.18. The fourth-order valence-corrected chi connectivity index (χ4v) is 3.28. The molecule has 0 radical (unpaired) electrons. The molecule has 0 spiro atoms. The van der Waals surface area contributed by atoms with E-state index in [4.69, 9.17) is 16.9 Å². The van der Waals surface area contributed by atoms with E-state index in [1.54, 1.807) is 42.5 Å². The molecule has 0 aromatic heterocycles. The molecule has 2 aromatic rings. The van der Waals surface area contributed by atoms with Gasteiger partial charge in [0.15, 0.2) is 9.84 Å². The number of nitrogens with zero attached hydrogens (tertiary/aromatic N) is 1. The molecule has 2 aromatic carbocycles. The van der Waals surface area contributed by atoms with Crippen LogP contribution in [0, 0.1) is 11.3 Å². The van der Waals surface area contributed by atoms with Crippen molar-refractivity contribution < 1.29 is 8.42 Å². The van der Waals surface area contributed by atoms with E-state index >= 15 is 0 Å². The van der Waals surface area contributed by atoms with Crippen molar-refractivity contribution in [2.45, 2.75) is 14.7 Å². The van der Waals surface area contributed by atoms with Crippen molar-refractivity contribution in [1.82, 2.24) is 0 Å². The second kappa shape index (κ2) is 5.88. The maximum Gasteiger partial charge on any atom is 0.175 e. The van der Waals surface area contributed by atoms with Gasteiger partial charge in [-0.15, -0.1) is 0 Å². The molecule has 0 fully saturated rings. The van der Waals surface area contributed by atoms with Gasteiger partial charge in [-0.3, -0.25) is 0 Å². The van der Waals surface area contributed by atoms with Crippen molar-refractivity contribution in [3.05, 3.63) is 53.1 Å². The van der Waals surface area contributed by atoms with Crippen LogP contribution in [0.3, 0.4) is 0 Å². The second-order valence-electron chi connectivity index (χ2n) is 4.10. The van der Waals surface area contributed by atoms with Crippen LogP contribution in [-0.2, 0) is 9.84 Å². The van der Waals surface area contributed by atoms with Gasteiger partial charge in [-0.05, 0) is 42.5 Å². The number of hydrogen-bond donors (Lipinski definition) is 0. The zero-order valence-electron chi connectivity index (χ0n) is 10.5. The Morgan fingerprint density at radius 2 is 1.80 bits per heavy atom. The fraction of sp³-hybridized carbons (Fsp3) is 0.0714. The molecule has 0 bridgehead atoms. The van der Waals surface area contributed by atoms with Crippen LogP contribution in [0.4, 0.5) is 0 Å². The zero-order chi connectivity index (χ0) is 14.8. The van der Waals surface area contributed by atoms with Gasteiger partial charge in [-0.1, -0.05) is 23.4 Å². The molecule has 0 amide bonds. The van der Waals surface area contributed by atoms with E-state index < -0.39 is 9.84 Å². The first kappa shape index (κ1) is 14.9. The van der Waals surface area contributed by atoms with E-state index in [1.807, 2.05) is 6.07 Å². The summed E-state index contributed by atoms with van der Waals surface area (Å²) in [7, 11) is -3.18. The van der Waals surface area contributed by atoms with E-state index in [0.717, 1.165) is 9.79 Å². The molecule has 0 saturated heterocycles. The highest BCUT2D eigenvalue weighted by atomic mass is 35.5. The Morgan fingerprint density at radius 1 is 1.15 bits per heavy atom. The molecule has 20 heavy (non-hydrogen) atoms. The van der Waals surface area contributed by atoms with E-state index in [9.17, 15) is 8.42 Å². The molecule has 0 heterocycles. The van der Waals surface area contributed by atoms with Crippen molar-refractivity contribution in [1.29, 1.82) is 5.26 Å². The van der Waals surface area contributed by atoms with Gasteiger partial charge in [0.2, 0.25) is 0 Å². The average Bonchev–Trinajstić information content (AvgIpc) is 2.40. The summed E-state index contributed by atoms with van der Waals surface area (Å²) in [4.78, 5) is 1.98. The first-order valence-electron chi connectivity index (χ1n) is 5.58. The van der Waals surface area contributed by atoms with E-state index in [2.05, 4.69) is 0 Å². The molecule has 0 N–H and O–H groups in total. The van der Waals surface area contributed by atoms with Gasteiger partial charge < -0.3 is 0 Å². The topological polar surface area (TPSA) is 57.9 Å². The van der Waals surface area contributed by atoms with Crippen LogP contribution in [-0.4, -0.2) is 14.7 Å². The molecule has 102 valence electrons. The molecule has 0 aliphatic rings. The third kappa shape index (κ3) is 3.54. The highest BCUT2D eigenvalue weighted by Gasteiger charge is 2.08. The third-order valence-electron chi connectivity index (χ3n) is 2.54. The van der Waals surface area contributed by atoms with Gasteiger partial charge >= 0.3 is 0 Å². The van der Waals surface area contributed by atoms with Crippen molar-refractivity contribution in [3.8, 4) is 6.07 Å². The number of hydrogen-bond acceptors (Lipinski definition) is 4. The van der Waals surface area contributed by atoms with Crippen LogP contribution >= 0.6 is 23.4 Å². The second-order valence-corrected chi connectivity index (χ2v) is 7.64. The summed E-state index contributed by atoms with van der Waals surface area (Å²) in [5, 5.41) is 9.28. The van der Waals surface area contributed by atoms with E-state index in [-0.39, 0.29) is 4.90 Å². The van der Waals surface area contributed by atoms with Gasteiger partial charge in [-0.2, -0.15) is 5.26 Å². The molecule has 0 aliphatic carbocycles. The SMILES string of the molecule is CS(=O)(=O)c1ccc(Sc2ccc(C#N)cc2Cl)cc1. The van der Waals surface area contributed by atoms with Crippen LogP contribution in [0.5, 0.6) is 0 Å². The summed E-state index contributed by atoms with van der Waals surface area (Å²) >= 11 is 7.51. The summed E-state index contributed by atoms with van der Waals surface area (Å²) in [5.74, 6) is 0. The van der Waals surface area contributed by atoms with Crippen molar-refractivity contribution in [2.75, 3.05) is 6.26 Å². The summed E-state index contributed by atoms with van der Waals surface area (Å²) in [6.45, 7) is 0. The third-order valence-corrected chi connectivity index (χ3v) is 5.18. The Balaban J connectivity index is 2.25. The highest BCUT2D eigenvalue weighted by molar-refractivity contribution is 7.99. The molecule has 0 saturated carbocycles. The van der Waals surface area contributed by atoms with Crippen molar-refractivity contribution >= 4 is 33.2 Å². The Bertz CT molecular complexity index is 778. The number of rotatable bonds is 3. The Hall–Kier alpha value is -1.48. The van der Waals surface area contributed by atoms with Gasteiger partial charge in [-0.25, -0.2) is 8.42 Å². The van der Waals surface area contributed by atoms with Crippen LogP contribution < -0.4 is 0 Å². The maximum absolute atomic E-state index is 11.4. The lowest BCUT2D eigenvalue weighted by Crippen LogP contribution is -1.95. The van der Waals surface area contributed by atoms with E-state index in [0.29, 0.717) is 10.6 Å². The number of sulfone groups is 1. The molecule has 0 atom stereocenters.